The first-order valence-corrected chi connectivity index (χ1v) is 6.49. The van der Waals surface area contributed by atoms with Crippen LogP contribution in [0.4, 0.5) is 0 Å². The second-order valence-corrected chi connectivity index (χ2v) is 5.21. The molecule has 84 valence electrons. The predicted molar refractivity (Wildman–Crippen MR) is 69.1 cm³/mol. The van der Waals surface area contributed by atoms with Crippen LogP contribution in [0.2, 0.25) is 5.02 Å². The minimum absolute atomic E-state index is 0.714. The van der Waals surface area contributed by atoms with E-state index in [4.69, 9.17) is 11.6 Å². The highest BCUT2D eigenvalue weighted by Gasteiger charge is 2.18. The first kappa shape index (κ1) is 10.2. The predicted octanol–water partition coefficient (Wildman–Crippen LogP) is 4.87. The largest absolute Gasteiger partial charge is 0.361 e. The Kier molecular flexibility index (Phi) is 2.64. The van der Waals surface area contributed by atoms with Gasteiger partial charge in [-0.3, -0.25) is 0 Å². The third-order valence-electron chi connectivity index (χ3n) is 3.71. The standard InChI is InChI=1S/C14H16ClN/c15-11-8-13(10-4-2-1-3-5-10)12-6-7-16-14(12)9-11/h6-10,16H,1-5H2. The van der Waals surface area contributed by atoms with Gasteiger partial charge < -0.3 is 4.98 Å². The Morgan fingerprint density at radius 3 is 2.75 bits per heavy atom. The Morgan fingerprint density at radius 2 is 1.94 bits per heavy atom. The molecule has 0 bridgehead atoms. The topological polar surface area (TPSA) is 15.8 Å². The van der Waals surface area contributed by atoms with Crippen LogP contribution in [0.25, 0.3) is 10.9 Å². The molecule has 2 aromatic rings. The van der Waals surface area contributed by atoms with Gasteiger partial charge in [0.25, 0.3) is 0 Å². The van der Waals surface area contributed by atoms with Crippen LogP contribution in [0.15, 0.2) is 24.4 Å². The lowest BCUT2D eigenvalue weighted by Gasteiger charge is -2.22. The molecule has 16 heavy (non-hydrogen) atoms. The lowest BCUT2D eigenvalue weighted by Crippen LogP contribution is -2.04. The average Bonchev–Trinajstić information content (AvgIpc) is 2.77. The fraction of sp³-hybridized carbons (Fsp3) is 0.429. The lowest BCUT2D eigenvalue weighted by molar-refractivity contribution is 0.445. The monoisotopic (exact) mass is 233 g/mol. The van der Waals surface area contributed by atoms with E-state index < -0.39 is 0 Å². The number of nitrogens with one attached hydrogen (secondary N) is 1. The summed E-state index contributed by atoms with van der Waals surface area (Å²) in [5, 5.41) is 2.21. The number of hydrogen-bond donors (Lipinski definition) is 1. The van der Waals surface area contributed by atoms with Gasteiger partial charge in [-0.25, -0.2) is 0 Å². The van der Waals surface area contributed by atoms with Gasteiger partial charge >= 0.3 is 0 Å². The molecule has 1 aromatic heterocycles. The van der Waals surface area contributed by atoms with Crippen molar-refractivity contribution in [2.24, 2.45) is 0 Å². The smallest absolute Gasteiger partial charge is 0.0471 e. The van der Waals surface area contributed by atoms with E-state index in [0.29, 0.717) is 5.92 Å². The van der Waals surface area contributed by atoms with Gasteiger partial charge in [0.2, 0.25) is 0 Å². The normalized spacial score (nSPS) is 18.1. The highest BCUT2D eigenvalue weighted by Crippen LogP contribution is 2.37. The van der Waals surface area contributed by atoms with E-state index in [-0.39, 0.29) is 0 Å². The maximum Gasteiger partial charge on any atom is 0.0471 e. The number of hydrogen-bond acceptors (Lipinski definition) is 0. The van der Waals surface area contributed by atoms with E-state index in [1.54, 1.807) is 0 Å². The van der Waals surface area contributed by atoms with Gasteiger partial charge in [0, 0.05) is 22.1 Å². The fourth-order valence-corrected chi connectivity index (χ4v) is 3.14. The fourth-order valence-electron chi connectivity index (χ4n) is 2.91. The van der Waals surface area contributed by atoms with Gasteiger partial charge in [-0.2, -0.15) is 0 Å². The van der Waals surface area contributed by atoms with Crippen LogP contribution >= 0.6 is 11.6 Å². The van der Waals surface area contributed by atoms with Crippen LogP contribution in [0.1, 0.15) is 43.6 Å². The SMILES string of the molecule is Clc1cc(C2CCCCC2)c2cc[nH]c2c1. The van der Waals surface area contributed by atoms with Crippen molar-refractivity contribution in [2.45, 2.75) is 38.0 Å². The second-order valence-electron chi connectivity index (χ2n) is 4.77. The average molecular weight is 234 g/mol. The molecular weight excluding hydrogens is 218 g/mol. The Morgan fingerprint density at radius 1 is 1.12 bits per heavy atom. The summed E-state index contributed by atoms with van der Waals surface area (Å²) < 4.78 is 0. The quantitative estimate of drug-likeness (QED) is 0.723. The molecule has 0 unspecified atom stereocenters. The number of fused-ring (bicyclic) bond motifs is 1. The van der Waals surface area contributed by atoms with Crippen LogP contribution in [0.5, 0.6) is 0 Å². The summed E-state index contributed by atoms with van der Waals surface area (Å²) in [6.07, 6.45) is 8.77. The molecule has 1 fully saturated rings. The minimum Gasteiger partial charge on any atom is -0.361 e. The van der Waals surface area contributed by atoms with Crippen LogP contribution < -0.4 is 0 Å². The zero-order valence-electron chi connectivity index (χ0n) is 9.30. The number of rotatable bonds is 1. The van der Waals surface area contributed by atoms with Crippen molar-refractivity contribution in [3.05, 3.63) is 35.0 Å². The molecule has 1 nitrogen and oxygen atoms in total. The van der Waals surface area contributed by atoms with Crippen molar-refractivity contribution in [2.75, 3.05) is 0 Å². The van der Waals surface area contributed by atoms with Crippen LogP contribution in [0.3, 0.4) is 0 Å². The Labute approximate surface area is 101 Å². The minimum atomic E-state index is 0.714. The van der Waals surface area contributed by atoms with Gasteiger partial charge in [0.15, 0.2) is 0 Å². The second kappa shape index (κ2) is 4.14. The van der Waals surface area contributed by atoms with E-state index in [1.807, 2.05) is 12.3 Å². The Hall–Kier alpha value is -0.950. The molecule has 0 amide bonds. The number of H-pyrrole nitrogens is 1. The van der Waals surface area contributed by atoms with Crippen molar-refractivity contribution < 1.29 is 0 Å². The van der Waals surface area contributed by atoms with E-state index in [2.05, 4.69) is 17.1 Å². The number of aromatic amines is 1. The first-order valence-electron chi connectivity index (χ1n) is 6.11. The van der Waals surface area contributed by atoms with Crippen LogP contribution in [-0.4, -0.2) is 4.98 Å². The molecule has 0 aliphatic heterocycles. The number of benzene rings is 1. The Balaban J connectivity index is 2.09. The van der Waals surface area contributed by atoms with Gasteiger partial charge in [0.1, 0.15) is 0 Å². The third kappa shape index (κ3) is 1.73. The van der Waals surface area contributed by atoms with E-state index in [0.717, 1.165) is 5.02 Å². The molecule has 1 aliphatic carbocycles. The molecule has 0 spiro atoms. The van der Waals surface area contributed by atoms with Crippen molar-refractivity contribution >= 4 is 22.5 Å². The molecule has 1 aromatic carbocycles. The van der Waals surface area contributed by atoms with Gasteiger partial charge in [-0.1, -0.05) is 30.9 Å². The molecule has 1 saturated carbocycles. The summed E-state index contributed by atoms with van der Waals surface area (Å²) in [6, 6.07) is 6.35. The molecule has 0 radical (unpaired) electrons. The summed E-state index contributed by atoms with van der Waals surface area (Å²) in [5.41, 5.74) is 2.62. The summed E-state index contributed by atoms with van der Waals surface area (Å²) >= 11 is 6.18. The lowest BCUT2D eigenvalue weighted by atomic mass is 9.83. The molecule has 0 saturated heterocycles. The third-order valence-corrected chi connectivity index (χ3v) is 3.93. The first-order chi connectivity index (χ1) is 7.84. The van der Waals surface area contributed by atoms with Crippen LogP contribution in [0, 0.1) is 0 Å². The Bertz CT molecular complexity index is 494. The van der Waals surface area contributed by atoms with Gasteiger partial charge in [0.05, 0.1) is 0 Å². The summed E-state index contributed by atoms with van der Waals surface area (Å²) in [5.74, 6) is 0.714. The highest BCUT2D eigenvalue weighted by atomic mass is 35.5. The van der Waals surface area contributed by atoms with Crippen LogP contribution in [-0.2, 0) is 0 Å². The molecule has 1 N–H and O–H groups in total. The highest BCUT2D eigenvalue weighted by molar-refractivity contribution is 6.31. The van der Waals surface area contributed by atoms with Gasteiger partial charge in [-0.15, -0.1) is 0 Å². The maximum absolute atomic E-state index is 6.18. The molecule has 0 atom stereocenters. The van der Waals surface area contributed by atoms with E-state index >= 15 is 0 Å². The summed E-state index contributed by atoms with van der Waals surface area (Å²) in [7, 11) is 0. The van der Waals surface area contributed by atoms with Crippen molar-refractivity contribution in [3.8, 4) is 0 Å². The van der Waals surface area contributed by atoms with Crippen molar-refractivity contribution in [1.82, 2.24) is 4.98 Å². The van der Waals surface area contributed by atoms with Crippen molar-refractivity contribution in [1.29, 1.82) is 0 Å². The molecule has 1 aliphatic rings. The van der Waals surface area contributed by atoms with E-state index in [9.17, 15) is 0 Å². The summed E-state index contributed by atoms with van der Waals surface area (Å²) in [4.78, 5) is 3.26. The molecule has 3 rings (SSSR count). The van der Waals surface area contributed by atoms with Gasteiger partial charge in [-0.05, 0) is 42.5 Å². The summed E-state index contributed by atoms with van der Waals surface area (Å²) in [6.45, 7) is 0. The number of halogens is 1. The van der Waals surface area contributed by atoms with Crippen molar-refractivity contribution in [3.63, 3.8) is 0 Å². The maximum atomic E-state index is 6.18. The zero-order chi connectivity index (χ0) is 11.0. The molecular formula is C14H16ClN. The van der Waals surface area contributed by atoms with E-state index in [1.165, 1.54) is 48.6 Å². The zero-order valence-corrected chi connectivity index (χ0v) is 10.1. The molecule has 1 heterocycles. The molecule has 2 heteroatoms. The number of aromatic nitrogens is 1.